The van der Waals surface area contributed by atoms with Crippen molar-refractivity contribution in [2.75, 3.05) is 0 Å². The van der Waals surface area contributed by atoms with E-state index in [1.807, 2.05) is 48.1 Å². The van der Waals surface area contributed by atoms with Crippen LogP contribution in [-0.4, -0.2) is 31.3 Å². The van der Waals surface area contributed by atoms with Crippen LogP contribution in [-0.2, 0) is 6.54 Å². The lowest BCUT2D eigenvalue weighted by molar-refractivity contribution is 0.0956. The van der Waals surface area contributed by atoms with E-state index < -0.39 is 0 Å². The number of carbonyl (C=O) groups is 1. The molecule has 0 N–H and O–H groups in total. The van der Waals surface area contributed by atoms with Gasteiger partial charge in [-0.1, -0.05) is 31.4 Å². The van der Waals surface area contributed by atoms with E-state index >= 15 is 0 Å². The second-order valence-electron chi connectivity index (χ2n) is 8.08. The van der Waals surface area contributed by atoms with Gasteiger partial charge >= 0.3 is 0 Å². The molecule has 0 saturated heterocycles. The smallest absolute Gasteiger partial charge is 0.264 e. The molecule has 0 amide bonds. The van der Waals surface area contributed by atoms with E-state index in [-0.39, 0.29) is 5.91 Å². The molecular weight excluding hydrogens is 406 g/mol. The standard InChI is InChI=1S/C24H25N5OS/c1-17-14-20(21-15-25-29(23(21)26-17)16-19-10-7-13-31-19)24(30)28-12-6-5-11-22(28)27-18-8-3-2-4-9-18/h5-7,10-15,18H,2-4,8-9,16H2,1H3. The zero-order chi connectivity index (χ0) is 21.2. The van der Waals surface area contributed by atoms with E-state index in [1.54, 1.807) is 22.1 Å². The van der Waals surface area contributed by atoms with Crippen molar-refractivity contribution in [2.24, 2.45) is 4.99 Å². The van der Waals surface area contributed by atoms with E-state index in [1.165, 1.54) is 24.1 Å². The number of hydrogen-bond acceptors (Lipinski definition) is 5. The molecular formula is C24H25N5OS. The van der Waals surface area contributed by atoms with Gasteiger partial charge in [-0.3, -0.25) is 14.4 Å². The number of aromatic nitrogens is 4. The Morgan fingerprint density at radius 1 is 1.19 bits per heavy atom. The third-order valence-electron chi connectivity index (χ3n) is 5.80. The molecule has 1 fully saturated rings. The number of fused-ring (bicyclic) bond motifs is 1. The van der Waals surface area contributed by atoms with Gasteiger partial charge in [-0.05, 0) is 49.4 Å². The summed E-state index contributed by atoms with van der Waals surface area (Å²) < 4.78 is 3.54. The molecule has 1 saturated carbocycles. The van der Waals surface area contributed by atoms with Gasteiger partial charge in [0.25, 0.3) is 5.91 Å². The fraction of sp³-hybridized carbons (Fsp3) is 0.333. The molecule has 1 aliphatic carbocycles. The van der Waals surface area contributed by atoms with Gasteiger partial charge in [0.1, 0.15) is 5.49 Å². The maximum atomic E-state index is 13.6. The summed E-state index contributed by atoms with van der Waals surface area (Å²) in [5.41, 5.74) is 2.86. The SMILES string of the molecule is Cc1cc(C(=O)n2ccccc2=NC2CCCCC2)c2cnn(Cc3cccs3)c2n1. The van der Waals surface area contributed by atoms with Crippen LogP contribution in [0.2, 0.25) is 0 Å². The summed E-state index contributed by atoms with van der Waals surface area (Å²) in [5.74, 6) is -0.0960. The summed E-state index contributed by atoms with van der Waals surface area (Å²) >= 11 is 1.69. The Balaban J connectivity index is 1.56. The highest BCUT2D eigenvalue weighted by Crippen LogP contribution is 2.22. The minimum atomic E-state index is -0.0960. The van der Waals surface area contributed by atoms with E-state index in [4.69, 9.17) is 4.99 Å². The van der Waals surface area contributed by atoms with Crippen molar-refractivity contribution in [1.82, 2.24) is 19.3 Å². The van der Waals surface area contributed by atoms with Crippen molar-refractivity contribution in [3.8, 4) is 0 Å². The Kier molecular flexibility index (Phi) is 5.51. The van der Waals surface area contributed by atoms with Crippen molar-refractivity contribution >= 4 is 28.3 Å². The van der Waals surface area contributed by atoms with Crippen molar-refractivity contribution in [3.05, 3.63) is 75.8 Å². The van der Waals surface area contributed by atoms with Gasteiger partial charge in [0, 0.05) is 16.8 Å². The molecule has 6 nitrogen and oxygen atoms in total. The van der Waals surface area contributed by atoms with Crippen molar-refractivity contribution in [2.45, 2.75) is 51.6 Å². The van der Waals surface area contributed by atoms with Crippen LogP contribution in [0.25, 0.3) is 11.0 Å². The predicted octanol–water partition coefficient (Wildman–Crippen LogP) is 4.57. The van der Waals surface area contributed by atoms with Gasteiger partial charge in [-0.2, -0.15) is 5.10 Å². The molecule has 0 unspecified atom stereocenters. The number of pyridine rings is 2. The fourth-order valence-electron chi connectivity index (χ4n) is 4.25. The first kappa shape index (κ1) is 19.9. The molecule has 7 heteroatoms. The minimum Gasteiger partial charge on any atom is -0.268 e. The monoisotopic (exact) mass is 431 g/mol. The highest BCUT2D eigenvalue weighted by atomic mass is 32.1. The summed E-state index contributed by atoms with van der Waals surface area (Å²) in [6, 6.07) is 12.0. The molecule has 5 rings (SSSR count). The van der Waals surface area contributed by atoms with Crippen LogP contribution in [0.1, 0.15) is 53.0 Å². The maximum Gasteiger partial charge on any atom is 0.264 e. The lowest BCUT2D eigenvalue weighted by Gasteiger charge is -2.18. The van der Waals surface area contributed by atoms with Gasteiger partial charge in [0.05, 0.1) is 29.7 Å². The highest BCUT2D eigenvalue weighted by molar-refractivity contribution is 7.09. The number of rotatable bonds is 4. The van der Waals surface area contributed by atoms with E-state index in [0.29, 0.717) is 23.6 Å². The number of nitrogens with zero attached hydrogens (tertiary/aromatic N) is 5. The number of thiophene rings is 1. The van der Waals surface area contributed by atoms with Crippen molar-refractivity contribution < 1.29 is 4.79 Å². The Bertz CT molecular complexity index is 1280. The number of hydrogen-bond donors (Lipinski definition) is 0. The van der Waals surface area contributed by atoms with Crippen molar-refractivity contribution in [1.29, 1.82) is 0 Å². The Hall–Kier alpha value is -3.06. The summed E-state index contributed by atoms with van der Waals surface area (Å²) in [5, 5.41) is 7.36. The van der Waals surface area contributed by atoms with Gasteiger partial charge in [-0.15, -0.1) is 11.3 Å². The molecule has 31 heavy (non-hydrogen) atoms. The Morgan fingerprint density at radius 2 is 2.06 bits per heavy atom. The van der Waals surface area contributed by atoms with Crippen LogP contribution in [0.4, 0.5) is 0 Å². The second kappa shape index (κ2) is 8.59. The summed E-state index contributed by atoms with van der Waals surface area (Å²) in [7, 11) is 0. The summed E-state index contributed by atoms with van der Waals surface area (Å²) in [4.78, 5) is 24.5. The molecule has 0 bridgehead atoms. The average molecular weight is 432 g/mol. The van der Waals surface area contributed by atoms with Crippen LogP contribution < -0.4 is 5.49 Å². The summed E-state index contributed by atoms with van der Waals surface area (Å²) in [6.07, 6.45) is 9.45. The van der Waals surface area contributed by atoms with Gasteiger partial charge in [0.2, 0.25) is 0 Å². The quantitative estimate of drug-likeness (QED) is 0.475. The van der Waals surface area contributed by atoms with Gasteiger partial charge in [-0.25, -0.2) is 9.67 Å². The number of aryl methyl sites for hydroxylation is 1. The fourth-order valence-corrected chi connectivity index (χ4v) is 4.94. The van der Waals surface area contributed by atoms with E-state index in [9.17, 15) is 4.79 Å². The Labute approximate surface area is 184 Å². The molecule has 4 aromatic heterocycles. The van der Waals surface area contributed by atoms with Crippen LogP contribution in [0.3, 0.4) is 0 Å². The molecule has 0 atom stereocenters. The molecule has 4 heterocycles. The first-order valence-electron chi connectivity index (χ1n) is 10.8. The van der Waals surface area contributed by atoms with E-state index in [0.717, 1.165) is 29.6 Å². The lowest BCUT2D eigenvalue weighted by Crippen LogP contribution is -2.29. The van der Waals surface area contributed by atoms with Gasteiger partial charge in [0.15, 0.2) is 5.65 Å². The highest BCUT2D eigenvalue weighted by Gasteiger charge is 2.19. The lowest BCUT2D eigenvalue weighted by atomic mass is 9.96. The Morgan fingerprint density at radius 3 is 2.87 bits per heavy atom. The zero-order valence-corrected chi connectivity index (χ0v) is 18.4. The molecule has 0 spiro atoms. The minimum absolute atomic E-state index is 0.0960. The molecule has 0 aromatic carbocycles. The first-order valence-corrected chi connectivity index (χ1v) is 11.7. The van der Waals surface area contributed by atoms with Gasteiger partial charge < -0.3 is 0 Å². The van der Waals surface area contributed by atoms with Crippen LogP contribution in [0.15, 0.2) is 59.2 Å². The largest absolute Gasteiger partial charge is 0.268 e. The van der Waals surface area contributed by atoms with Crippen LogP contribution >= 0.6 is 11.3 Å². The molecule has 4 aromatic rings. The summed E-state index contributed by atoms with van der Waals surface area (Å²) in [6.45, 7) is 2.56. The van der Waals surface area contributed by atoms with Crippen LogP contribution in [0.5, 0.6) is 0 Å². The molecule has 0 radical (unpaired) electrons. The van der Waals surface area contributed by atoms with Crippen LogP contribution in [0, 0.1) is 6.92 Å². The molecule has 158 valence electrons. The normalized spacial score (nSPS) is 15.6. The topological polar surface area (TPSA) is 65.1 Å². The average Bonchev–Trinajstić information content (AvgIpc) is 3.45. The second-order valence-corrected chi connectivity index (χ2v) is 9.12. The van der Waals surface area contributed by atoms with Crippen molar-refractivity contribution in [3.63, 3.8) is 0 Å². The third-order valence-corrected chi connectivity index (χ3v) is 6.66. The zero-order valence-electron chi connectivity index (χ0n) is 17.6. The van der Waals surface area contributed by atoms with E-state index in [2.05, 4.69) is 21.5 Å². The third kappa shape index (κ3) is 4.10. The molecule has 1 aliphatic rings. The predicted molar refractivity (Wildman–Crippen MR) is 122 cm³/mol. The number of carbonyl (C=O) groups excluding carboxylic acids is 1. The molecule has 0 aliphatic heterocycles. The maximum absolute atomic E-state index is 13.6. The first-order chi connectivity index (χ1) is 15.2.